The van der Waals surface area contributed by atoms with E-state index >= 15 is 0 Å². The molecular formula is C20H29N3O2. The van der Waals surface area contributed by atoms with Gasteiger partial charge in [0.15, 0.2) is 0 Å². The minimum atomic E-state index is 0.0760. The number of likely N-dealkylation sites (tertiary alicyclic amines) is 2. The smallest absolute Gasteiger partial charge is 0.317 e. The van der Waals surface area contributed by atoms with Gasteiger partial charge in [0.25, 0.3) is 0 Å². The lowest BCUT2D eigenvalue weighted by Gasteiger charge is -2.34. The lowest BCUT2D eigenvalue weighted by molar-refractivity contribution is 0.150. The van der Waals surface area contributed by atoms with Gasteiger partial charge in [-0.1, -0.05) is 12.1 Å². The topological polar surface area (TPSA) is 44.8 Å². The molecule has 2 fully saturated rings. The molecule has 1 unspecified atom stereocenters. The first-order valence-electron chi connectivity index (χ1n) is 9.66. The van der Waals surface area contributed by atoms with Crippen LogP contribution in [-0.4, -0.2) is 55.7 Å². The maximum Gasteiger partial charge on any atom is 0.317 e. The van der Waals surface area contributed by atoms with Gasteiger partial charge in [-0.15, -0.1) is 0 Å². The first kappa shape index (κ1) is 16.7. The van der Waals surface area contributed by atoms with Crippen LogP contribution in [-0.2, 0) is 13.0 Å². The van der Waals surface area contributed by atoms with E-state index < -0.39 is 0 Å². The van der Waals surface area contributed by atoms with Gasteiger partial charge in [-0.25, -0.2) is 4.79 Å². The minimum Gasteiger partial charge on any atom is -0.493 e. The third kappa shape index (κ3) is 3.61. The molecule has 0 spiro atoms. The Morgan fingerprint density at radius 2 is 2.00 bits per heavy atom. The molecule has 0 saturated carbocycles. The van der Waals surface area contributed by atoms with E-state index in [1.165, 1.54) is 30.6 Å². The van der Waals surface area contributed by atoms with Crippen molar-refractivity contribution in [2.45, 2.75) is 32.2 Å². The van der Waals surface area contributed by atoms with Gasteiger partial charge in [-0.2, -0.15) is 0 Å². The highest BCUT2D eigenvalue weighted by atomic mass is 16.5. The van der Waals surface area contributed by atoms with Crippen molar-refractivity contribution in [3.8, 4) is 5.75 Å². The molecule has 5 heteroatoms. The summed E-state index contributed by atoms with van der Waals surface area (Å²) >= 11 is 0. The molecule has 1 aromatic carbocycles. The molecule has 4 rings (SSSR count). The van der Waals surface area contributed by atoms with Crippen LogP contribution < -0.4 is 10.1 Å². The summed E-state index contributed by atoms with van der Waals surface area (Å²) < 4.78 is 5.61. The summed E-state index contributed by atoms with van der Waals surface area (Å²) in [7, 11) is 1.72. The first-order valence-corrected chi connectivity index (χ1v) is 9.66. The summed E-state index contributed by atoms with van der Waals surface area (Å²) in [5.41, 5.74) is 2.79. The molecule has 5 nitrogen and oxygen atoms in total. The van der Waals surface area contributed by atoms with Crippen LogP contribution in [0.5, 0.6) is 5.75 Å². The molecule has 0 bridgehead atoms. The largest absolute Gasteiger partial charge is 0.493 e. The van der Waals surface area contributed by atoms with Crippen molar-refractivity contribution in [1.82, 2.24) is 15.1 Å². The third-order valence-corrected chi connectivity index (χ3v) is 6.18. The average Bonchev–Trinajstić information content (AvgIpc) is 3.30. The Bertz CT molecular complexity index is 625. The maximum absolute atomic E-state index is 11.7. The van der Waals surface area contributed by atoms with Crippen LogP contribution in [0.15, 0.2) is 18.2 Å². The fourth-order valence-corrected chi connectivity index (χ4v) is 4.72. The van der Waals surface area contributed by atoms with E-state index in [1.54, 1.807) is 7.05 Å². The quantitative estimate of drug-likeness (QED) is 0.917. The van der Waals surface area contributed by atoms with Crippen LogP contribution in [0.1, 0.15) is 30.4 Å². The number of carbonyl (C=O) groups excluding carboxylic acids is 1. The van der Waals surface area contributed by atoms with Gasteiger partial charge < -0.3 is 15.0 Å². The Balaban J connectivity index is 1.28. The average molecular weight is 343 g/mol. The van der Waals surface area contributed by atoms with Crippen LogP contribution in [0.25, 0.3) is 0 Å². The Kier molecular flexibility index (Phi) is 4.84. The number of rotatable bonds is 3. The molecule has 1 atom stereocenters. The molecule has 3 heterocycles. The zero-order valence-corrected chi connectivity index (χ0v) is 15.2. The van der Waals surface area contributed by atoms with Crippen molar-refractivity contribution in [2.24, 2.45) is 11.8 Å². The zero-order chi connectivity index (χ0) is 17.2. The SMILES string of the molecule is CNC(=O)N1CCC(C2CCN(Cc3ccc4c(c3)CCO4)C2)CC1. The van der Waals surface area contributed by atoms with E-state index in [2.05, 4.69) is 28.4 Å². The van der Waals surface area contributed by atoms with Gasteiger partial charge in [0.2, 0.25) is 0 Å². The second-order valence-corrected chi connectivity index (χ2v) is 7.70. The number of hydrogen-bond acceptors (Lipinski definition) is 3. The number of nitrogens with zero attached hydrogens (tertiary/aromatic N) is 2. The highest BCUT2D eigenvalue weighted by molar-refractivity contribution is 5.73. The van der Waals surface area contributed by atoms with E-state index in [-0.39, 0.29) is 6.03 Å². The zero-order valence-electron chi connectivity index (χ0n) is 15.2. The second kappa shape index (κ2) is 7.24. The summed E-state index contributed by atoms with van der Waals surface area (Å²) in [6.07, 6.45) is 4.67. The number of amides is 2. The van der Waals surface area contributed by atoms with Crippen molar-refractivity contribution in [1.29, 1.82) is 0 Å². The molecule has 0 aliphatic carbocycles. The number of hydrogen-bond donors (Lipinski definition) is 1. The maximum atomic E-state index is 11.7. The van der Waals surface area contributed by atoms with Crippen LogP contribution in [0, 0.1) is 11.8 Å². The van der Waals surface area contributed by atoms with E-state index in [9.17, 15) is 4.79 Å². The molecule has 3 aliphatic heterocycles. The van der Waals surface area contributed by atoms with Crippen molar-refractivity contribution in [3.63, 3.8) is 0 Å². The summed E-state index contributed by atoms with van der Waals surface area (Å²) in [4.78, 5) is 16.3. The highest BCUT2D eigenvalue weighted by Gasteiger charge is 2.32. The van der Waals surface area contributed by atoms with Gasteiger partial charge >= 0.3 is 6.03 Å². The van der Waals surface area contributed by atoms with E-state index in [0.29, 0.717) is 0 Å². The Morgan fingerprint density at radius 3 is 2.80 bits per heavy atom. The van der Waals surface area contributed by atoms with Gasteiger partial charge in [0.05, 0.1) is 6.61 Å². The predicted octanol–water partition coefficient (Wildman–Crippen LogP) is 2.49. The van der Waals surface area contributed by atoms with E-state index in [1.807, 2.05) is 4.90 Å². The van der Waals surface area contributed by atoms with Crippen LogP contribution in [0.3, 0.4) is 0 Å². The number of piperidine rings is 1. The first-order chi connectivity index (χ1) is 12.2. The molecule has 0 aromatic heterocycles. The standard InChI is InChI=1S/C20H29N3O2/c1-21-20(24)23-9-5-16(6-10-23)18-4-8-22(14-18)13-15-2-3-19-17(12-15)7-11-25-19/h2-3,12,16,18H,4-11,13-14H2,1H3,(H,21,24). The Labute approximate surface area is 150 Å². The lowest BCUT2D eigenvalue weighted by atomic mass is 9.84. The van der Waals surface area contributed by atoms with Gasteiger partial charge in [0, 0.05) is 39.6 Å². The molecule has 2 saturated heterocycles. The second-order valence-electron chi connectivity index (χ2n) is 7.70. The summed E-state index contributed by atoms with van der Waals surface area (Å²) in [5.74, 6) is 2.65. The van der Waals surface area contributed by atoms with Crippen molar-refractivity contribution < 1.29 is 9.53 Å². The molecule has 136 valence electrons. The fraction of sp³-hybridized carbons (Fsp3) is 0.650. The Hall–Kier alpha value is -1.75. The molecule has 2 amide bonds. The third-order valence-electron chi connectivity index (χ3n) is 6.18. The molecule has 25 heavy (non-hydrogen) atoms. The van der Waals surface area contributed by atoms with Crippen LogP contribution in [0.2, 0.25) is 0 Å². The monoisotopic (exact) mass is 343 g/mol. The van der Waals surface area contributed by atoms with Crippen molar-refractivity contribution in [3.05, 3.63) is 29.3 Å². The molecule has 1 N–H and O–H groups in total. The lowest BCUT2D eigenvalue weighted by Crippen LogP contribution is -2.44. The van der Waals surface area contributed by atoms with Crippen molar-refractivity contribution >= 4 is 6.03 Å². The molecule has 0 radical (unpaired) electrons. The molecular weight excluding hydrogens is 314 g/mol. The summed E-state index contributed by atoms with van der Waals surface area (Å²) in [6.45, 7) is 6.11. The minimum absolute atomic E-state index is 0.0760. The molecule has 1 aromatic rings. The van der Waals surface area contributed by atoms with E-state index in [4.69, 9.17) is 4.74 Å². The molecule has 3 aliphatic rings. The van der Waals surface area contributed by atoms with Gasteiger partial charge in [-0.05, 0) is 54.8 Å². The van der Waals surface area contributed by atoms with Crippen molar-refractivity contribution in [2.75, 3.05) is 39.8 Å². The number of ether oxygens (including phenoxy) is 1. The van der Waals surface area contributed by atoms with Gasteiger partial charge in [-0.3, -0.25) is 4.90 Å². The summed E-state index contributed by atoms with van der Waals surface area (Å²) in [6, 6.07) is 6.77. The number of urea groups is 1. The van der Waals surface area contributed by atoms with Gasteiger partial charge in [0.1, 0.15) is 5.75 Å². The fourth-order valence-electron chi connectivity index (χ4n) is 4.72. The number of fused-ring (bicyclic) bond motifs is 1. The number of nitrogens with one attached hydrogen (secondary N) is 1. The van der Waals surface area contributed by atoms with Crippen LogP contribution in [0.4, 0.5) is 4.79 Å². The summed E-state index contributed by atoms with van der Waals surface area (Å²) in [5, 5.41) is 2.74. The number of benzene rings is 1. The normalized spacial score (nSPS) is 24.2. The Morgan fingerprint density at radius 1 is 1.20 bits per heavy atom. The number of carbonyl (C=O) groups is 1. The van der Waals surface area contributed by atoms with E-state index in [0.717, 1.165) is 63.1 Å². The predicted molar refractivity (Wildman–Crippen MR) is 97.8 cm³/mol. The highest BCUT2D eigenvalue weighted by Crippen LogP contribution is 2.33. The van der Waals surface area contributed by atoms with Crippen LogP contribution >= 0.6 is 0 Å².